The molecule has 0 aliphatic carbocycles. The van der Waals surface area contributed by atoms with Crippen LogP contribution in [0.3, 0.4) is 0 Å². The van der Waals surface area contributed by atoms with E-state index in [9.17, 15) is 28.4 Å². The van der Waals surface area contributed by atoms with Gasteiger partial charge in [0.2, 0.25) is 11.8 Å². The molecular weight excluding hydrogens is 890 g/mol. The molecule has 0 unspecified atom stereocenters. The fourth-order valence-corrected chi connectivity index (χ4v) is 11.3. The van der Waals surface area contributed by atoms with E-state index in [4.69, 9.17) is 19.4 Å². The quantitative estimate of drug-likeness (QED) is 0.140. The molecule has 1 aromatic carbocycles. The maximum Gasteiger partial charge on any atom is 0.324 e. The van der Waals surface area contributed by atoms with Crippen molar-refractivity contribution < 1.29 is 37.8 Å². The second-order valence-corrected chi connectivity index (χ2v) is 20.5. The molecule has 4 aromatic rings. The first-order valence-electron chi connectivity index (χ1n) is 23.7. The summed E-state index contributed by atoms with van der Waals surface area (Å²) in [6, 6.07) is 6.74. The maximum atomic E-state index is 14.7. The number of hydrogen-bond donors (Lipinski definition) is 2. The number of likely N-dealkylation sites (N-methyl/N-ethyl adjacent to an activating group) is 1. The Morgan fingerprint density at radius 2 is 1.91 bits per heavy atom. The summed E-state index contributed by atoms with van der Waals surface area (Å²) in [7, 11) is 3.26. The van der Waals surface area contributed by atoms with E-state index in [1.54, 1.807) is 30.2 Å². The SMILES string of the molecule is CCn1c(-c2cccnc2[C@H](C)OC)c2c3cc(ccc31)-c1csc(n1)C[C@H](NC(=O)[C@H](C(C)C)N(C)C(=O)N1C[C@H]3[C@@H]1CCN3C(=O)/C=C/CF)C(=O)N1CCC[C@H](N1)C(=O)OCC(C)(C)C2. The number of thiazole rings is 1. The monoisotopic (exact) mass is 953 g/mol. The standard InChI is InChI=1S/C50H64FN9O7S/c1-9-57-38-17-16-31-23-33(38)34(45(57)32-13-11-20-52-43(32)30(4)66-8)25-50(5,6)28-67-48(64)35-14-12-21-60(55-35)47(63)36(24-41-53-37(31)27-68-41)54-46(62)44(29(2)3)56(7)49(65)59-26-40-39(59)18-22-58(40)42(61)15-10-19-51/h10-11,13,15-17,20,23,27,29-30,35-36,39-40,44,55H,9,12,14,18-19,21-22,24-26,28H2,1-8H3,(H,54,62)/b15-10+/t30-,35-,36-,39-,40-,44-/m0/s1. The number of ether oxygens (including phenoxy) is 2. The molecule has 6 bridgehead atoms. The van der Waals surface area contributed by atoms with E-state index in [2.05, 4.69) is 60.3 Å². The number of aromatic nitrogens is 3. The molecule has 3 fully saturated rings. The molecule has 68 heavy (non-hydrogen) atoms. The number of hydrazine groups is 1. The van der Waals surface area contributed by atoms with Crippen molar-refractivity contribution in [2.24, 2.45) is 11.3 Å². The number of alkyl halides is 1. The van der Waals surface area contributed by atoms with Crippen LogP contribution in [0.5, 0.6) is 0 Å². The molecular formula is C50H64FN9O7S. The van der Waals surface area contributed by atoms with E-state index in [1.165, 1.54) is 33.4 Å². The van der Waals surface area contributed by atoms with Gasteiger partial charge in [-0.05, 0) is 81.4 Å². The van der Waals surface area contributed by atoms with Gasteiger partial charge >= 0.3 is 12.0 Å². The van der Waals surface area contributed by atoms with Crippen molar-refractivity contribution in [3.63, 3.8) is 0 Å². The van der Waals surface area contributed by atoms with Gasteiger partial charge in [-0.3, -0.25) is 29.2 Å². The van der Waals surface area contributed by atoms with Crippen LogP contribution in [-0.2, 0) is 48.0 Å². The first-order valence-corrected chi connectivity index (χ1v) is 24.6. The van der Waals surface area contributed by atoms with Crippen molar-refractivity contribution in [2.45, 2.75) is 117 Å². The number of cyclic esters (lactones) is 1. The predicted molar refractivity (Wildman–Crippen MR) is 257 cm³/mol. The number of likely N-dealkylation sites (tertiary alicyclic amines) is 2. The zero-order chi connectivity index (χ0) is 48.6. The average molecular weight is 954 g/mol. The molecule has 0 radical (unpaired) electrons. The smallest absolute Gasteiger partial charge is 0.324 e. The number of pyridine rings is 1. The number of carbonyl (C=O) groups is 5. The van der Waals surface area contributed by atoms with Crippen LogP contribution in [0.15, 0.2) is 54.1 Å². The molecule has 3 saturated heterocycles. The molecule has 7 heterocycles. The van der Waals surface area contributed by atoms with Crippen molar-refractivity contribution in [2.75, 3.05) is 47.1 Å². The summed E-state index contributed by atoms with van der Waals surface area (Å²) in [5.74, 6) is -2.05. The first kappa shape index (κ1) is 48.7. The Morgan fingerprint density at radius 1 is 1.12 bits per heavy atom. The van der Waals surface area contributed by atoms with Crippen LogP contribution in [0.2, 0.25) is 0 Å². The lowest BCUT2D eigenvalue weighted by atomic mass is 9.84. The largest absolute Gasteiger partial charge is 0.464 e. The maximum absolute atomic E-state index is 14.7. The topological polar surface area (TPSA) is 172 Å². The lowest BCUT2D eigenvalue weighted by Gasteiger charge is -2.48. The summed E-state index contributed by atoms with van der Waals surface area (Å²) >= 11 is 1.39. The van der Waals surface area contributed by atoms with Crippen LogP contribution in [-0.4, -0.2) is 141 Å². The van der Waals surface area contributed by atoms with E-state index in [0.29, 0.717) is 56.9 Å². The van der Waals surface area contributed by atoms with Crippen LogP contribution >= 0.6 is 11.3 Å². The van der Waals surface area contributed by atoms with Gasteiger partial charge in [0.1, 0.15) is 24.8 Å². The van der Waals surface area contributed by atoms with Gasteiger partial charge in [-0.25, -0.2) is 19.6 Å². The number of allylic oxidation sites excluding steroid dienone is 1. The molecule has 3 aromatic heterocycles. The third-order valence-electron chi connectivity index (χ3n) is 13.9. The van der Waals surface area contributed by atoms with E-state index in [1.807, 2.05) is 32.2 Å². The number of nitrogens with zero attached hydrogens (tertiary/aromatic N) is 7. The molecule has 5 amide bonds. The van der Waals surface area contributed by atoms with Gasteiger partial charge in [-0.2, -0.15) is 0 Å². The van der Waals surface area contributed by atoms with Crippen LogP contribution in [0.25, 0.3) is 33.4 Å². The zero-order valence-corrected chi connectivity index (χ0v) is 41.1. The molecule has 8 rings (SSSR count). The fourth-order valence-electron chi connectivity index (χ4n) is 10.4. The highest BCUT2D eigenvalue weighted by Gasteiger charge is 2.52. The number of urea groups is 1. The van der Waals surface area contributed by atoms with Gasteiger partial charge in [0, 0.05) is 91.9 Å². The van der Waals surface area contributed by atoms with Gasteiger partial charge in [0.15, 0.2) is 0 Å². The minimum absolute atomic E-state index is 0.0567. The molecule has 6 atom stereocenters. The highest BCUT2D eigenvalue weighted by Crippen LogP contribution is 2.42. The van der Waals surface area contributed by atoms with E-state index in [0.717, 1.165) is 44.7 Å². The highest BCUT2D eigenvalue weighted by atomic mass is 32.1. The molecule has 0 saturated carbocycles. The number of halogens is 1. The summed E-state index contributed by atoms with van der Waals surface area (Å²) in [6.07, 6.45) is 6.10. The van der Waals surface area contributed by atoms with E-state index < -0.39 is 48.0 Å². The van der Waals surface area contributed by atoms with Crippen LogP contribution in [0.4, 0.5) is 9.18 Å². The Balaban J connectivity index is 1.12. The third kappa shape index (κ3) is 9.51. The van der Waals surface area contributed by atoms with Gasteiger partial charge in [-0.1, -0.05) is 33.8 Å². The summed E-state index contributed by atoms with van der Waals surface area (Å²) in [5, 5.41) is 8.05. The van der Waals surface area contributed by atoms with Crippen LogP contribution in [0.1, 0.15) is 83.2 Å². The van der Waals surface area contributed by atoms with Crippen molar-refractivity contribution >= 4 is 52.0 Å². The lowest BCUT2D eigenvalue weighted by Crippen LogP contribution is -2.68. The fraction of sp³-hybridized carbons (Fsp3) is 0.540. The summed E-state index contributed by atoms with van der Waals surface area (Å²) in [6.45, 7) is 13.1. The molecule has 4 aliphatic heterocycles. The van der Waals surface area contributed by atoms with E-state index >= 15 is 0 Å². The van der Waals surface area contributed by atoms with Gasteiger partial charge in [0.25, 0.3) is 5.91 Å². The van der Waals surface area contributed by atoms with Crippen LogP contribution < -0.4 is 10.7 Å². The normalized spacial score (nSPS) is 22.7. The number of carbonyl (C=O) groups excluding carboxylic acids is 5. The number of nitrogens with one attached hydrogen (secondary N) is 2. The number of benzene rings is 1. The highest BCUT2D eigenvalue weighted by molar-refractivity contribution is 7.10. The number of aryl methyl sites for hydroxylation is 1. The van der Waals surface area contributed by atoms with Gasteiger partial charge < -0.3 is 34.1 Å². The van der Waals surface area contributed by atoms with E-state index in [-0.39, 0.29) is 49.1 Å². The van der Waals surface area contributed by atoms with Crippen molar-refractivity contribution in [1.82, 2.24) is 45.0 Å². The minimum atomic E-state index is -1.11. The van der Waals surface area contributed by atoms with Gasteiger partial charge in [0.05, 0.1) is 46.9 Å². The third-order valence-corrected chi connectivity index (χ3v) is 14.8. The predicted octanol–water partition coefficient (Wildman–Crippen LogP) is 6.09. The van der Waals surface area contributed by atoms with Crippen LogP contribution in [0, 0.1) is 11.3 Å². The van der Waals surface area contributed by atoms with Crippen molar-refractivity contribution in [3.8, 4) is 22.5 Å². The number of rotatable bonds is 10. The second kappa shape index (κ2) is 20.1. The zero-order valence-electron chi connectivity index (χ0n) is 40.3. The Bertz CT molecular complexity index is 2590. The molecule has 4 aliphatic rings. The Kier molecular flexibility index (Phi) is 14.4. The molecule has 16 nitrogen and oxygen atoms in total. The summed E-state index contributed by atoms with van der Waals surface area (Å²) in [4.78, 5) is 84.5. The number of amides is 5. The Morgan fingerprint density at radius 3 is 2.65 bits per heavy atom. The molecule has 2 N–H and O–H groups in total. The number of methoxy groups -OCH3 is 1. The Labute approximate surface area is 401 Å². The molecule has 364 valence electrons. The summed E-state index contributed by atoms with van der Waals surface area (Å²) < 4.78 is 27.0. The van der Waals surface area contributed by atoms with Crippen molar-refractivity contribution in [3.05, 3.63) is 70.3 Å². The van der Waals surface area contributed by atoms with Crippen molar-refractivity contribution in [1.29, 1.82) is 0 Å². The number of fused-ring (bicyclic) bond motifs is 7. The summed E-state index contributed by atoms with van der Waals surface area (Å²) in [5.41, 5.74) is 9.18. The molecule has 18 heteroatoms. The number of esters is 1. The van der Waals surface area contributed by atoms with Gasteiger partial charge in [-0.15, -0.1) is 11.3 Å². The minimum Gasteiger partial charge on any atom is -0.464 e. The average Bonchev–Trinajstić information content (AvgIpc) is 4.01. The number of hydrogen-bond acceptors (Lipinski definition) is 11. The first-order chi connectivity index (χ1) is 32.5. The Hall–Kier alpha value is -5.72. The lowest BCUT2D eigenvalue weighted by molar-refractivity contribution is -0.155. The molecule has 0 spiro atoms. The second-order valence-electron chi connectivity index (χ2n) is 19.5.